The number of aliphatic hydroxyl groups excluding tert-OH is 1. The second-order valence-electron chi connectivity index (χ2n) is 5.77. The summed E-state index contributed by atoms with van der Waals surface area (Å²) in [6.45, 7) is 2.72. The first-order valence-electron chi connectivity index (χ1n) is 6.12. The largest absolute Gasteiger partial charge is 0.392 e. The van der Waals surface area contributed by atoms with Gasteiger partial charge in [0, 0.05) is 0 Å². The molecular formula is C12H21NO. The first kappa shape index (κ1) is 9.17. The number of hydrogen-bond donors (Lipinski definition) is 2. The monoisotopic (exact) mass is 195 g/mol. The Morgan fingerprint density at radius 3 is 2.36 bits per heavy atom. The molecule has 6 atom stereocenters. The third-order valence-corrected chi connectivity index (χ3v) is 5.14. The quantitative estimate of drug-likeness (QED) is 0.711. The first-order chi connectivity index (χ1) is 6.74. The van der Waals surface area contributed by atoms with Crippen LogP contribution in [0.2, 0.25) is 0 Å². The van der Waals surface area contributed by atoms with Gasteiger partial charge in [0.25, 0.3) is 0 Å². The lowest BCUT2D eigenvalue weighted by molar-refractivity contribution is 0.0801. The Kier molecular flexibility index (Phi) is 1.94. The molecule has 3 aliphatic rings. The van der Waals surface area contributed by atoms with E-state index in [1.165, 1.54) is 19.3 Å². The summed E-state index contributed by atoms with van der Waals surface area (Å²) in [5, 5.41) is 10.1. The zero-order valence-corrected chi connectivity index (χ0v) is 8.89. The van der Waals surface area contributed by atoms with Crippen molar-refractivity contribution in [3.05, 3.63) is 0 Å². The third-order valence-electron chi connectivity index (χ3n) is 5.14. The highest BCUT2D eigenvalue weighted by Crippen LogP contribution is 2.70. The van der Waals surface area contributed by atoms with Gasteiger partial charge in [0.15, 0.2) is 0 Å². The molecule has 0 radical (unpaired) electrons. The lowest BCUT2D eigenvalue weighted by Crippen LogP contribution is -2.29. The lowest BCUT2D eigenvalue weighted by atomic mass is 9.92. The minimum absolute atomic E-state index is 0.113. The molecule has 3 N–H and O–H groups in total. The average molecular weight is 195 g/mol. The molecule has 3 rings (SSSR count). The smallest absolute Gasteiger partial charge is 0.0611 e. The summed E-state index contributed by atoms with van der Waals surface area (Å²) in [4.78, 5) is 0. The van der Waals surface area contributed by atoms with E-state index in [9.17, 15) is 5.11 Å². The van der Waals surface area contributed by atoms with E-state index in [1.807, 2.05) is 0 Å². The van der Waals surface area contributed by atoms with Gasteiger partial charge in [-0.2, -0.15) is 0 Å². The lowest BCUT2D eigenvalue weighted by Gasteiger charge is -2.20. The fourth-order valence-corrected chi connectivity index (χ4v) is 4.37. The van der Waals surface area contributed by atoms with E-state index >= 15 is 0 Å². The van der Waals surface area contributed by atoms with E-state index in [-0.39, 0.29) is 6.10 Å². The molecule has 80 valence electrons. The van der Waals surface area contributed by atoms with Gasteiger partial charge in [-0.3, -0.25) is 0 Å². The summed E-state index contributed by atoms with van der Waals surface area (Å²) < 4.78 is 0. The number of fused-ring (bicyclic) bond motifs is 5. The van der Waals surface area contributed by atoms with Crippen LogP contribution in [0.1, 0.15) is 26.2 Å². The molecule has 0 aromatic carbocycles. The molecule has 0 aromatic rings. The molecule has 2 heteroatoms. The predicted octanol–water partition coefficient (Wildman–Crippen LogP) is 1.23. The van der Waals surface area contributed by atoms with Crippen LogP contribution in [0.25, 0.3) is 0 Å². The molecule has 2 bridgehead atoms. The summed E-state index contributed by atoms with van der Waals surface area (Å²) in [7, 11) is 0. The average Bonchev–Trinajstić information content (AvgIpc) is 2.64. The standard InChI is InChI=1S/C12H21NO/c1-6(5-13)12(14)11-9-7-2-3-8(4-7)10(9)11/h6-12,14H,2-5,13H2,1H3. The molecule has 0 amide bonds. The molecular weight excluding hydrogens is 174 g/mol. The van der Waals surface area contributed by atoms with Crippen molar-refractivity contribution in [2.24, 2.45) is 41.2 Å². The second-order valence-corrected chi connectivity index (χ2v) is 5.77. The van der Waals surface area contributed by atoms with Crippen molar-refractivity contribution in [2.45, 2.75) is 32.3 Å². The molecule has 0 spiro atoms. The van der Waals surface area contributed by atoms with Crippen LogP contribution in [0, 0.1) is 35.5 Å². The van der Waals surface area contributed by atoms with Crippen LogP contribution in [-0.2, 0) is 0 Å². The normalized spacial score (nSPS) is 52.9. The number of nitrogens with two attached hydrogens (primary N) is 1. The van der Waals surface area contributed by atoms with Gasteiger partial charge in [0.2, 0.25) is 0 Å². The van der Waals surface area contributed by atoms with Crippen LogP contribution >= 0.6 is 0 Å². The molecule has 0 aromatic heterocycles. The van der Waals surface area contributed by atoms with E-state index < -0.39 is 0 Å². The summed E-state index contributed by atoms with van der Waals surface area (Å²) in [6.07, 6.45) is 4.23. The van der Waals surface area contributed by atoms with Crippen molar-refractivity contribution >= 4 is 0 Å². The van der Waals surface area contributed by atoms with Crippen LogP contribution in [0.15, 0.2) is 0 Å². The summed E-state index contributed by atoms with van der Waals surface area (Å²) in [5.41, 5.74) is 5.61. The van der Waals surface area contributed by atoms with Crippen LogP contribution in [0.3, 0.4) is 0 Å². The van der Waals surface area contributed by atoms with Gasteiger partial charge >= 0.3 is 0 Å². The summed E-state index contributed by atoms with van der Waals surface area (Å²) >= 11 is 0. The van der Waals surface area contributed by atoms with Gasteiger partial charge < -0.3 is 10.8 Å². The Morgan fingerprint density at radius 2 is 1.86 bits per heavy atom. The minimum Gasteiger partial charge on any atom is -0.392 e. The molecule has 6 unspecified atom stereocenters. The summed E-state index contributed by atoms with van der Waals surface area (Å²) in [5.74, 6) is 4.63. The maximum absolute atomic E-state index is 10.1. The molecule has 0 heterocycles. The van der Waals surface area contributed by atoms with Crippen molar-refractivity contribution in [1.82, 2.24) is 0 Å². The SMILES string of the molecule is CC(CN)C(O)C1C2C3CCC(C3)C21. The van der Waals surface area contributed by atoms with Gasteiger partial charge in [0.05, 0.1) is 6.10 Å². The molecule has 3 aliphatic carbocycles. The number of aliphatic hydroxyl groups is 1. The van der Waals surface area contributed by atoms with Crippen LogP contribution < -0.4 is 5.73 Å². The van der Waals surface area contributed by atoms with E-state index in [0.717, 1.165) is 23.7 Å². The third kappa shape index (κ3) is 1.04. The zero-order chi connectivity index (χ0) is 9.87. The summed E-state index contributed by atoms with van der Waals surface area (Å²) in [6, 6.07) is 0. The fourth-order valence-electron chi connectivity index (χ4n) is 4.37. The van der Waals surface area contributed by atoms with Gasteiger partial charge in [-0.25, -0.2) is 0 Å². The van der Waals surface area contributed by atoms with Gasteiger partial charge in [0.1, 0.15) is 0 Å². The Bertz CT molecular complexity index is 226. The van der Waals surface area contributed by atoms with Crippen LogP contribution in [0.5, 0.6) is 0 Å². The highest BCUT2D eigenvalue weighted by atomic mass is 16.3. The van der Waals surface area contributed by atoms with E-state index in [1.54, 1.807) is 0 Å². The Labute approximate surface area is 85.9 Å². The topological polar surface area (TPSA) is 46.2 Å². The van der Waals surface area contributed by atoms with Crippen molar-refractivity contribution in [3.8, 4) is 0 Å². The van der Waals surface area contributed by atoms with Gasteiger partial charge in [-0.15, -0.1) is 0 Å². The van der Waals surface area contributed by atoms with Crippen LogP contribution in [-0.4, -0.2) is 17.8 Å². The van der Waals surface area contributed by atoms with E-state index in [0.29, 0.717) is 18.4 Å². The molecule has 14 heavy (non-hydrogen) atoms. The van der Waals surface area contributed by atoms with Crippen molar-refractivity contribution < 1.29 is 5.11 Å². The minimum atomic E-state index is -0.113. The molecule has 0 aliphatic heterocycles. The Balaban J connectivity index is 1.68. The highest BCUT2D eigenvalue weighted by molar-refractivity contribution is 5.14. The Hall–Kier alpha value is -0.0800. The van der Waals surface area contributed by atoms with E-state index in [2.05, 4.69) is 6.92 Å². The number of hydrogen-bond acceptors (Lipinski definition) is 2. The van der Waals surface area contributed by atoms with Crippen molar-refractivity contribution in [2.75, 3.05) is 6.54 Å². The maximum atomic E-state index is 10.1. The Morgan fingerprint density at radius 1 is 1.29 bits per heavy atom. The zero-order valence-electron chi connectivity index (χ0n) is 8.89. The molecule has 2 nitrogen and oxygen atoms in total. The van der Waals surface area contributed by atoms with E-state index in [4.69, 9.17) is 5.73 Å². The second kappa shape index (κ2) is 2.96. The molecule has 3 saturated carbocycles. The maximum Gasteiger partial charge on any atom is 0.0611 e. The highest BCUT2D eigenvalue weighted by Gasteiger charge is 2.66. The van der Waals surface area contributed by atoms with Gasteiger partial charge in [-0.05, 0) is 61.3 Å². The fraction of sp³-hybridized carbons (Fsp3) is 1.00. The van der Waals surface area contributed by atoms with Gasteiger partial charge in [-0.1, -0.05) is 6.92 Å². The first-order valence-corrected chi connectivity index (χ1v) is 6.12. The molecule has 3 fully saturated rings. The van der Waals surface area contributed by atoms with Crippen molar-refractivity contribution in [3.63, 3.8) is 0 Å². The van der Waals surface area contributed by atoms with Crippen molar-refractivity contribution in [1.29, 1.82) is 0 Å². The molecule has 0 saturated heterocycles. The van der Waals surface area contributed by atoms with Crippen LogP contribution in [0.4, 0.5) is 0 Å². The predicted molar refractivity (Wildman–Crippen MR) is 55.5 cm³/mol. The number of rotatable bonds is 3.